The van der Waals surface area contributed by atoms with Crippen molar-refractivity contribution in [2.45, 2.75) is 37.1 Å². The van der Waals surface area contributed by atoms with Gasteiger partial charge in [0.05, 0.1) is 18.6 Å². The van der Waals surface area contributed by atoms with Gasteiger partial charge in [0.15, 0.2) is 0 Å². The summed E-state index contributed by atoms with van der Waals surface area (Å²) in [5, 5.41) is 0. The van der Waals surface area contributed by atoms with Crippen molar-refractivity contribution in [3.8, 4) is 0 Å². The quantitative estimate of drug-likeness (QED) is 0.837. The zero-order valence-corrected chi connectivity index (χ0v) is 14.2. The fourth-order valence-corrected chi connectivity index (χ4v) is 4.11. The van der Waals surface area contributed by atoms with Crippen molar-refractivity contribution in [1.29, 1.82) is 0 Å². The Morgan fingerprint density at radius 3 is 2.52 bits per heavy atom. The molecule has 2 heterocycles. The van der Waals surface area contributed by atoms with E-state index in [1.807, 2.05) is 0 Å². The number of rotatable bonds is 3. The molecule has 2 amide bonds. The smallest absolute Gasteiger partial charge is 0.245 e. The van der Waals surface area contributed by atoms with E-state index in [2.05, 4.69) is 0 Å². The van der Waals surface area contributed by atoms with Crippen LogP contribution in [-0.4, -0.2) is 60.5 Å². The topological polar surface area (TPSA) is 49.9 Å². The van der Waals surface area contributed by atoms with E-state index in [-0.39, 0.29) is 17.6 Å². The van der Waals surface area contributed by atoms with Crippen LogP contribution in [0.25, 0.3) is 0 Å². The van der Waals surface area contributed by atoms with Gasteiger partial charge in [-0.15, -0.1) is 0 Å². The molecule has 1 aromatic rings. The largest absolute Gasteiger partial charge is 0.378 e. The maximum atomic E-state index is 14.3. The summed E-state index contributed by atoms with van der Waals surface area (Å²) < 4.78 is 19.6. The van der Waals surface area contributed by atoms with Gasteiger partial charge in [-0.3, -0.25) is 9.59 Å². The summed E-state index contributed by atoms with van der Waals surface area (Å²) >= 11 is 0. The fraction of sp³-hybridized carbons (Fsp3) is 0.579. The zero-order valence-electron chi connectivity index (χ0n) is 14.2. The SMILES string of the molecule is O=C(C1CCCN1C(=O)C1(c2ccccc2F)CC1)N1CCOCC1. The molecular formula is C19H23FN2O3. The van der Waals surface area contributed by atoms with E-state index in [0.29, 0.717) is 57.7 Å². The van der Waals surface area contributed by atoms with Crippen molar-refractivity contribution in [2.24, 2.45) is 0 Å². The number of ether oxygens (including phenoxy) is 1. The van der Waals surface area contributed by atoms with E-state index in [0.717, 1.165) is 6.42 Å². The van der Waals surface area contributed by atoms with Crippen molar-refractivity contribution < 1.29 is 18.7 Å². The summed E-state index contributed by atoms with van der Waals surface area (Å²) in [5.74, 6) is -0.399. The van der Waals surface area contributed by atoms with Crippen LogP contribution in [0.4, 0.5) is 4.39 Å². The summed E-state index contributed by atoms with van der Waals surface area (Å²) in [6.07, 6.45) is 2.82. The Morgan fingerprint density at radius 1 is 1.12 bits per heavy atom. The van der Waals surface area contributed by atoms with Crippen molar-refractivity contribution in [2.75, 3.05) is 32.8 Å². The standard InChI is InChI=1S/C19H23FN2O3/c20-15-5-2-1-4-14(15)19(7-8-19)18(24)22-9-3-6-16(22)17(23)21-10-12-25-13-11-21/h1-2,4-5,16H,3,6-13H2. The number of morpholine rings is 1. The lowest BCUT2D eigenvalue weighted by atomic mass is 9.93. The van der Waals surface area contributed by atoms with Crippen LogP contribution in [0.2, 0.25) is 0 Å². The molecule has 2 aliphatic heterocycles. The van der Waals surface area contributed by atoms with E-state index in [4.69, 9.17) is 4.74 Å². The Labute approximate surface area is 146 Å². The molecule has 0 spiro atoms. The predicted molar refractivity (Wildman–Crippen MR) is 89.4 cm³/mol. The van der Waals surface area contributed by atoms with Gasteiger partial charge in [0, 0.05) is 25.2 Å². The molecule has 134 valence electrons. The summed E-state index contributed by atoms with van der Waals surface area (Å²) in [6, 6.07) is 6.11. The monoisotopic (exact) mass is 346 g/mol. The van der Waals surface area contributed by atoms with Crippen molar-refractivity contribution in [1.82, 2.24) is 9.80 Å². The van der Waals surface area contributed by atoms with Gasteiger partial charge in [0.1, 0.15) is 11.9 Å². The van der Waals surface area contributed by atoms with Gasteiger partial charge < -0.3 is 14.5 Å². The second kappa shape index (κ2) is 6.41. The molecule has 0 aromatic heterocycles. The third-order valence-corrected chi connectivity index (χ3v) is 5.67. The number of likely N-dealkylation sites (tertiary alicyclic amines) is 1. The number of amides is 2. The van der Waals surface area contributed by atoms with Crippen LogP contribution in [0.3, 0.4) is 0 Å². The molecule has 3 fully saturated rings. The van der Waals surface area contributed by atoms with Crippen LogP contribution in [0.1, 0.15) is 31.2 Å². The number of halogens is 1. The van der Waals surface area contributed by atoms with Gasteiger partial charge in [0.25, 0.3) is 0 Å². The molecule has 3 aliphatic rings. The summed E-state index contributed by atoms with van der Waals surface area (Å²) in [5.41, 5.74) is -0.288. The van der Waals surface area contributed by atoms with E-state index >= 15 is 0 Å². The Balaban J connectivity index is 1.55. The first-order valence-corrected chi connectivity index (χ1v) is 9.06. The maximum absolute atomic E-state index is 14.3. The molecule has 2 saturated heterocycles. The Bertz CT molecular complexity index is 683. The van der Waals surface area contributed by atoms with Crippen LogP contribution in [-0.2, 0) is 19.7 Å². The molecule has 1 saturated carbocycles. The highest BCUT2D eigenvalue weighted by Crippen LogP contribution is 2.51. The minimum atomic E-state index is -0.765. The van der Waals surface area contributed by atoms with Gasteiger partial charge in [-0.1, -0.05) is 18.2 Å². The number of carbonyl (C=O) groups excluding carboxylic acids is 2. The lowest BCUT2D eigenvalue weighted by molar-refractivity contribution is -0.147. The summed E-state index contributed by atoms with van der Waals surface area (Å²) in [6.45, 7) is 2.83. The molecule has 25 heavy (non-hydrogen) atoms. The molecule has 1 atom stereocenters. The molecule has 6 heteroatoms. The molecule has 1 aromatic carbocycles. The minimum Gasteiger partial charge on any atom is -0.378 e. The molecule has 1 aliphatic carbocycles. The first-order chi connectivity index (χ1) is 12.1. The second-order valence-electron chi connectivity index (χ2n) is 7.16. The van der Waals surface area contributed by atoms with Crippen molar-refractivity contribution in [3.05, 3.63) is 35.6 Å². The van der Waals surface area contributed by atoms with Gasteiger partial charge in [-0.05, 0) is 31.7 Å². The van der Waals surface area contributed by atoms with Crippen LogP contribution in [0.5, 0.6) is 0 Å². The van der Waals surface area contributed by atoms with E-state index in [9.17, 15) is 14.0 Å². The van der Waals surface area contributed by atoms with E-state index in [1.165, 1.54) is 6.07 Å². The number of carbonyl (C=O) groups is 2. The molecule has 0 radical (unpaired) electrons. The van der Waals surface area contributed by atoms with Crippen LogP contribution in [0, 0.1) is 5.82 Å². The number of nitrogens with zero attached hydrogens (tertiary/aromatic N) is 2. The minimum absolute atomic E-state index is 0.0125. The first-order valence-electron chi connectivity index (χ1n) is 9.06. The highest BCUT2D eigenvalue weighted by atomic mass is 19.1. The van der Waals surface area contributed by atoms with E-state index in [1.54, 1.807) is 28.0 Å². The van der Waals surface area contributed by atoms with Crippen molar-refractivity contribution in [3.63, 3.8) is 0 Å². The molecule has 4 rings (SSSR count). The third-order valence-electron chi connectivity index (χ3n) is 5.67. The van der Waals surface area contributed by atoms with Crippen molar-refractivity contribution >= 4 is 11.8 Å². The van der Waals surface area contributed by atoms with Gasteiger partial charge >= 0.3 is 0 Å². The lowest BCUT2D eigenvalue weighted by Gasteiger charge is -2.34. The highest BCUT2D eigenvalue weighted by molar-refractivity contribution is 5.95. The molecule has 5 nitrogen and oxygen atoms in total. The third kappa shape index (κ3) is 2.82. The fourth-order valence-electron chi connectivity index (χ4n) is 4.11. The maximum Gasteiger partial charge on any atom is 0.245 e. The summed E-state index contributed by atoms with van der Waals surface area (Å²) in [7, 11) is 0. The zero-order chi connectivity index (χ0) is 17.4. The van der Waals surface area contributed by atoms with Gasteiger partial charge in [-0.2, -0.15) is 0 Å². The molecular weight excluding hydrogens is 323 g/mol. The van der Waals surface area contributed by atoms with Crippen LogP contribution < -0.4 is 0 Å². The first kappa shape index (κ1) is 16.5. The highest BCUT2D eigenvalue weighted by Gasteiger charge is 2.56. The van der Waals surface area contributed by atoms with Gasteiger partial charge in [0.2, 0.25) is 11.8 Å². The number of hydrogen-bond acceptors (Lipinski definition) is 3. The second-order valence-corrected chi connectivity index (χ2v) is 7.16. The molecule has 0 N–H and O–H groups in total. The van der Waals surface area contributed by atoms with Gasteiger partial charge in [-0.25, -0.2) is 4.39 Å². The average Bonchev–Trinajstić information content (AvgIpc) is 3.31. The molecule has 0 bridgehead atoms. The Kier molecular flexibility index (Phi) is 4.23. The van der Waals surface area contributed by atoms with Crippen LogP contribution in [0.15, 0.2) is 24.3 Å². The molecule has 1 unspecified atom stereocenters. The Hall–Kier alpha value is -1.95. The van der Waals surface area contributed by atoms with Crippen LogP contribution >= 0.6 is 0 Å². The lowest BCUT2D eigenvalue weighted by Crippen LogP contribution is -2.52. The predicted octanol–water partition coefficient (Wildman–Crippen LogP) is 1.71. The number of benzene rings is 1. The normalized spacial score (nSPS) is 25.1. The summed E-state index contributed by atoms with van der Waals surface area (Å²) in [4.78, 5) is 29.6. The number of hydrogen-bond donors (Lipinski definition) is 0. The Morgan fingerprint density at radius 2 is 1.84 bits per heavy atom. The van der Waals surface area contributed by atoms with E-state index < -0.39 is 11.5 Å². The average molecular weight is 346 g/mol.